The number of aromatic nitrogens is 5. The third-order valence-corrected chi connectivity index (χ3v) is 6.52. The van der Waals surface area contributed by atoms with E-state index in [0.29, 0.717) is 21.5 Å². The summed E-state index contributed by atoms with van der Waals surface area (Å²) in [5, 5.41) is 17.4. The Balaban J connectivity index is 1.31. The van der Waals surface area contributed by atoms with Crippen molar-refractivity contribution in [2.75, 3.05) is 17.7 Å². The number of hydrogen-bond acceptors (Lipinski definition) is 6. The average molecular weight is 507 g/mol. The summed E-state index contributed by atoms with van der Waals surface area (Å²) in [5.74, 6) is 0.895. The standard InChI is InChI=1S/C25H23ClN6O2S/c1-2-3-13-34-20-9-7-17(8-10-20)21-15-22-24-28-29-25(31(24)11-12-32(22)30-21)35-16-23(33)27-19-6-4-5-18(26)14-19/h4-12,14-15H,2-3,13,16H2,1H3,(H,27,33). The van der Waals surface area contributed by atoms with Crippen molar-refractivity contribution < 1.29 is 9.53 Å². The van der Waals surface area contributed by atoms with Crippen molar-refractivity contribution in [1.29, 1.82) is 0 Å². The van der Waals surface area contributed by atoms with E-state index in [2.05, 4.69) is 27.5 Å². The molecule has 3 aromatic heterocycles. The highest BCUT2D eigenvalue weighted by molar-refractivity contribution is 7.99. The molecule has 1 amide bonds. The van der Waals surface area contributed by atoms with Crippen molar-refractivity contribution >= 4 is 46.1 Å². The molecule has 0 bridgehead atoms. The zero-order chi connectivity index (χ0) is 24.2. The van der Waals surface area contributed by atoms with Gasteiger partial charge < -0.3 is 10.1 Å². The van der Waals surface area contributed by atoms with E-state index in [9.17, 15) is 4.79 Å². The summed E-state index contributed by atoms with van der Waals surface area (Å²) in [6, 6.07) is 17.0. The predicted molar refractivity (Wildman–Crippen MR) is 138 cm³/mol. The second-order valence-electron chi connectivity index (χ2n) is 7.91. The quantitative estimate of drug-likeness (QED) is 0.207. The lowest BCUT2D eigenvalue weighted by Crippen LogP contribution is -2.14. The highest BCUT2D eigenvalue weighted by atomic mass is 35.5. The van der Waals surface area contributed by atoms with Gasteiger partial charge in [0.05, 0.1) is 18.1 Å². The lowest BCUT2D eigenvalue weighted by molar-refractivity contribution is -0.113. The van der Waals surface area contributed by atoms with Gasteiger partial charge in [0.1, 0.15) is 11.3 Å². The SMILES string of the molecule is CCCCOc1ccc(-c2cc3c4nnc(SCC(=O)Nc5cccc(Cl)c5)n4ccn3n2)cc1. The fourth-order valence-corrected chi connectivity index (χ4v) is 4.49. The number of unbranched alkanes of at least 4 members (excludes halogenated alkanes) is 1. The van der Waals surface area contributed by atoms with Gasteiger partial charge >= 0.3 is 0 Å². The number of benzene rings is 2. The molecule has 5 rings (SSSR count). The molecule has 0 unspecified atom stereocenters. The van der Waals surface area contributed by atoms with Crippen LogP contribution in [0.2, 0.25) is 5.02 Å². The Labute approximate surface area is 211 Å². The maximum Gasteiger partial charge on any atom is 0.234 e. The topological polar surface area (TPSA) is 85.8 Å². The third kappa shape index (κ3) is 5.26. The first kappa shape index (κ1) is 23.2. The van der Waals surface area contributed by atoms with Gasteiger partial charge in [-0.05, 0) is 55.0 Å². The highest BCUT2D eigenvalue weighted by Gasteiger charge is 2.14. The third-order valence-electron chi connectivity index (χ3n) is 5.34. The van der Waals surface area contributed by atoms with Gasteiger partial charge in [-0.2, -0.15) is 5.10 Å². The summed E-state index contributed by atoms with van der Waals surface area (Å²) in [5.41, 5.74) is 3.97. The number of carbonyl (C=O) groups excluding carboxylic acids is 1. The van der Waals surface area contributed by atoms with Gasteiger partial charge in [0.25, 0.3) is 0 Å². The molecule has 0 fully saturated rings. The number of amides is 1. The van der Waals surface area contributed by atoms with Gasteiger partial charge in [0, 0.05) is 28.7 Å². The van der Waals surface area contributed by atoms with Gasteiger partial charge in [-0.25, -0.2) is 4.52 Å². The Bertz CT molecular complexity index is 1480. The smallest absolute Gasteiger partial charge is 0.234 e. The first-order valence-electron chi connectivity index (χ1n) is 11.3. The molecule has 35 heavy (non-hydrogen) atoms. The van der Waals surface area contributed by atoms with Crippen molar-refractivity contribution in [2.24, 2.45) is 0 Å². The van der Waals surface area contributed by atoms with Crippen molar-refractivity contribution in [2.45, 2.75) is 24.9 Å². The van der Waals surface area contributed by atoms with Gasteiger partial charge in [-0.1, -0.05) is 42.8 Å². The van der Waals surface area contributed by atoms with E-state index in [0.717, 1.165) is 42.0 Å². The molecule has 0 aliphatic carbocycles. The van der Waals surface area contributed by atoms with E-state index < -0.39 is 0 Å². The van der Waals surface area contributed by atoms with Crippen LogP contribution < -0.4 is 10.1 Å². The van der Waals surface area contributed by atoms with E-state index in [1.807, 2.05) is 47.1 Å². The molecule has 3 heterocycles. The van der Waals surface area contributed by atoms with Crippen LogP contribution in [0.4, 0.5) is 5.69 Å². The Morgan fingerprint density at radius 1 is 1.11 bits per heavy atom. The van der Waals surface area contributed by atoms with Gasteiger partial charge in [0.15, 0.2) is 10.8 Å². The maximum atomic E-state index is 12.4. The van der Waals surface area contributed by atoms with E-state index in [1.54, 1.807) is 28.8 Å². The number of halogens is 1. The molecule has 8 nitrogen and oxygen atoms in total. The zero-order valence-electron chi connectivity index (χ0n) is 19.0. The molecule has 0 spiro atoms. The summed E-state index contributed by atoms with van der Waals surface area (Å²) in [6.45, 7) is 2.86. The number of hydrogen-bond donors (Lipinski definition) is 1. The maximum absolute atomic E-state index is 12.4. The van der Waals surface area contributed by atoms with Crippen LogP contribution in [0.3, 0.4) is 0 Å². The molecule has 0 saturated carbocycles. The van der Waals surface area contributed by atoms with E-state index in [-0.39, 0.29) is 11.7 Å². The van der Waals surface area contributed by atoms with E-state index in [1.165, 1.54) is 11.8 Å². The first-order chi connectivity index (χ1) is 17.1. The number of rotatable bonds is 9. The second-order valence-corrected chi connectivity index (χ2v) is 9.29. The molecule has 10 heteroatoms. The number of carbonyl (C=O) groups is 1. The molecule has 0 aliphatic heterocycles. The van der Waals surface area contributed by atoms with Crippen LogP contribution in [0, 0.1) is 0 Å². The predicted octanol–water partition coefficient (Wildman–Crippen LogP) is 5.61. The van der Waals surface area contributed by atoms with Gasteiger partial charge in [-0.3, -0.25) is 9.20 Å². The number of nitrogens with one attached hydrogen (secondary N) is 1. The molecular weight excluding hydrogens is 484 g/mol. The molecule has 0 radical (unpaired) electrons. The molecule has 0 aliphatic rings. The fraction of sp³-hybridized carbons (Fsp3) is 0.200. The fourth-order valence-electron chi connectivity index (χ4n) is 3.58. The number of ether oxygens (including phenoxy) is 1. The lowest BCUT2D eigenvalue weighted by atomic mass is 10.1. The molecule has 1 N–H and O–H groups in total. The van der Waals surface area contributed by atoms with Crippen molar-refractivity contribution in [3.8, 4) is 17.0 Å². The summed E-state index contributed by atoms with van der Waals surface area (Å²) in [4.78, 5) is 12.4. The zero-order valence-corrected chi connectivity index (χ0v) is 20.6. The van der Waals surface area contributed by atoms with Crippen LogP contribution in [0.25, 0.3) is 22.4 Å². The van der Waals surface area contributed by atoms with Crippen LogP contribution >= 0.6 is 23.4 Å². The summed E-state index contributed by atoms with van der Waals surface area (Å²) in [6.07, 6.45) is 5.84. The Morgan fingerprint density at radius 2 is 1.97 bits per heavy atom. The molecule has 2 aromatic carbocycles. The number of nitrogens with zero attached hydrogens (tertiary/aromatic N) is 5. The van der Waals surface area contributed by atoms with E-state index >= 15 is 0 Å². The Morgan fingerprint density at radius 3 is 2.77 bits per heavy atom. The molecule has 178 valence electrons. The molecule has 0 saturated heterocycles. The van der Waals surface area contributed by atoms with Crippen molar-refractivity contribution in [3.05, 3.63) is 72.0 Å². The second kappa shape index (κ2) is 10.4. The van der Waals surface area contributed by atoms with Crippen LogP contribution in [-0.2, 0) is 4.79 Å². The minimum Gasteiger partial charge on any atom is -0.494 e. The normalized spacial score (nSPS) is 11.3. The van der Waals surface area contributed by atoms with Gasteiger partial charge in [0.2, 0.25) is 5.91 Å². The first-order valence-corrected chi connectivity index (χ1v) is 12.6. The lowest BCUT2D eigenvalue weighted by Gasteiger charge is -2.05. The largest absolute Gasteiger partial charge is 0.494 e. The number of thioether (sulfide) groups is 1. The van der Waals surface area contributed by atoms with Gasteiger partial charge in [-0.15, -0.1) is 10.2 Å². The Kier molecular flexibility index (Phi) is 6.87. The molecule has 0 atom stereocenters. The summed E-state index contributed by atoms with van der Waals surface area (Å²) in [7, 11) is 0. The van der Waals surface area contributed by atoms with Crippen molar-refractivity contribution in [1.82, 2.24) is 24.2 Å². The highest BCUT2D eigenvalue weighted by Crippen LogP contribution is 2.26. The summed E-state index contributed by atoms with van der Waals surface area (Å²) >= 11 is 7.29. The van der Waals surface area contributed by atoms with Crippen molar-refractivity contribution in [3.63, 3.8) is 0 Å². The monoisotopic (exact) mass is 506 g/mol. The summed E-state index contributed by atoms with van der Waals surface area (Å²) < 4.78 is 9.40. The van der Waals surface area contributed by atoms with Crippen LogP contribution in [0.1, 0.15) is 19.8 Å². The minimum absolute atomic E-state index is 0.149. The molecule has 5 aromatic rings. The Hall–Kier alpha value is -3.56. The minimum atomic E-state index is -0.149. The average Bonchev–Trinajstić information content (AvgIpc) is 3.47. The van der Waals surface area contributed by atoms with Crippen LogP contribution in [-0.4, -0.2) is 42.5 Å². The van der Waals surface area contributed by atoms with Crippen LogP contribution in [0.5, 0.6) is 5.75 Å². The van der Waals surface area contributed by atoms with E-state index in [4.69, 9.17) is 16.3 Å². The number of anilines is 1. The number of fused-ring (bicyclic) bond motifs is 3. The molecular formula is C25H23ClN6O2S. The van der Waals surface area contributed by atoms with Crippen LogP contribution in [0.15, 0.2) is 72.1 Å².